The van der Waals surface area contributed by atoms with Gasteiger partial charge in [-0.3, -0.25) is 4.98 Å². The number of benzene rings is 6. The van der Waals surface area contributed by atoms with Crippen LogP contribution in [0.1, 0.15) is 0 Å². The molecule has 0 aliphatic heterocycles. The first-order chi connectivity index (χ1) is 17.7. The smallest absolute Gasteiger partial charge is 0.188 e. The van der Waals surface area contributed by atoms with Crippen LogP contribution in [0.25, 0.3) is 43.4 Å². The summed E-state index contributed by atoms with van der Waals surface area (Å²) in [7, 11) is -3.15. The third kappa shape index (κ3) is 3.12. The molecule has 0 N–H and O–H groups in total. The Balaban J connectivity index is 1.49. The fraction of sp³-hybridized carbons (Fsp3) is 0. The van der Waals surface area contributed by atoms with Crippen LogP contribution in [0, 0.1) is 0 Å². The lowest BCUT2D eigenvalue weighted by Crippen LogP contribution is -2.26. The normalized spacial score (nSPS) is 13.3. The first kappa shape index (κ1) is 21.1. The maximum Gasteiger partial charge on any atom is 0.188 e. The second-order valence-corrected chi connectivity index (χ2v) is 11.9. The molecular formula is C33H22NOP. The van der Waals surface area contributed by atoms with Gasteiger partial charge in [0, 0.05) is 16.8 Å². The number of hydrogen-bond acceptors (Lipinski definition) is 2. The molecule has 7 rings (SSSR count). The number of pyridine rings is 1. The van der Waals surface area contributed by atoms with Gasteiger partial charge in [-0.15, -0.1) is 0 Å². The summed E-state index contributed by atoms with van der Waals surface area (Å²) in [5.41, 5.74) is 2.80. The van der Waals surface area contributed by atoms with E-state index in [1.54, 1.807) is 6.20 Å². The maximum atomic E-state index is 14.9. The minimum atomic E-state index is -3.15. The van der Waals surface area contributed by atoms with Crippen molar-refractivity contribution in [2.45, 2.75) is 0 Å². The number of nitrogens with zero attached hydrogens (tertiary/aromatic N) is 1. The van der Waals surface area contributed by atoms with Crippen molar-refractivity contribution in [1.82, 2.24) is 4.98 Å². The van der Waals surface area contributed by atoms with E-state index in [2.05, 4.69) is 71.7 Å². The second-order valence-electron chi connectivity index (χ2n) is 9.15. The van der Waals surface area contributed by atoms with E-state index in [1.165, 1.54) is 32.3 Å². The third-order valence-corrected chi connectivity index (χ3v) is 10.1. The molecule has 0 amide bonds. The molecule has 2 nitrogen and oxygen atoms in total. The van der Waals surface area contributed by atoms with E-state index >= 15 is 0 Å². The summed E-state index contributed by atoms with van der Waals surface area (Å²) in [6.45, 7) is 0. The maximum absolute atomic E-state index is 14.9. The van der Waals surface area contributed by atoms with E-state index in [-0.39, 0.29) is 0 Å². The molecule has 7 aromatic rings. The van der Waals surface area contributed by atoms with Crippen LogP contribution >= 0.6 is 7.14 Å². The van der Waals surface area contributed by atoms with E-state index in [0.717, 1.165) is 21.7 Å². The standard InChI is InChI=1S/C33H22NOP/c35-36(27-11-2-1-3-12-27,31-14-4-5-21-34-31)28-13-7-10-26(22-28)29-19-17-25-16-15-23-8-6-9-24-18-20-30(29)33(25)32(23)24/h1-22H. The molecule has 0 aliphatic rings. The zero-order chi connectivity index (χ0) is 24.1. The van der Waals surface area contributed by atoms with Crippen LogP contribution in [0.3, 0.4) is 0 Å². The Morgan fingerprint density at radius 2 is 1.19 bits per heavy atom. The van der Waals surface area contributed by atoms with Crippen molar-refractivity contribution < 1.29 is 4.57 Å². The summed E-state index contributed by atoms with van der Waals surface area (Å²) in [5, 5.41) is 9.10. The first-order valence-electron chi connectivity index (χ1n) is 12.1. The van der Waals surface area contributed by atoms with Crippen molar-refractivity contribution in [3.05, 3.63) is 134 Å². The van der Waals surface area contributed by atoms with E-state index in [0.29, 0.717) is 5.44 Å². The highest BCUT2D eigenvalue weighted by Crippen LogP contribution is 2.43. The number of aromatic nitrogens is 1. The van der Waals surface area contributed by atoms with Crippen LogP contribution in [0.15, 0.2) is 134 Å². The van der Waals surface area contributed by atoms with Gasteiger partial charge in [-0.1, -0.05) is 109 Å². The zero-order valence-electron chi connectivity index (χ0n) is 19.5. The predicted octanol–water partition coefficient (Wildman–Crippen LogP) is 7.29. The van der Waals surface area contributed by atoms with Gasteiger partial charge < -0.3 is 4.57 Å². The summed E-state index contributed by atoms with van der Waals surface area (Å²) >= 11 is 0. The lowest BCUT2D eigenvalue weighted by Gasteiger charge is -2.20. The van der Waals surface area contributed by atoms with Crippen molar-refractivity contribution in [2.24, 2.45) is 0 Å². The van der Waals surface area contributed by atoms with Crippen LogP contribution < -0.4 is 16.0 Å². The molecule has 0 saturated carbocycles. The highest BCUT2D eigenvalue weighted by atomic mass is 31.2. The third-order valence-electron chi connectivity index (χ3n) is 7.14. The van der Waals surface area contributed by atoms with Gasteiger partial charge >= 0.3 is 0 Å². The van der Waals surface area contributed by atoms with Gasteiger partial charge in [-0.05, 0) is 61.6 Å². The highest BCUT2D eigenvalue weighted by Gasteiger charge is 2.31. The van der Waals surface area contributed by atoms with E-state index in [9.17, 15) is 4.57 Å². The van der Waals surface area contributed by atoms with Gasteiger partial charge in [0.1, 0.15) is 5.44 Å². The van der Waals surface area contributed by atoms with Gasteiger partial charge in [0.15, 0.2) is 7.14 Å². The van der Waals surface area contributed by atoms with Gasteiger partial charge in [-0.25, -0.2) is 0 Å². The van der Waals surface area contributed by atoms with E-state index < -0.39 is 7.14 Å². The second kappa shape index (κ2) is 8.16. The van der Waals surface area contributed by atoms with Crippen molar-refractivity contribution in [3.8, 4) is 11.1 Å². The molecule has 170 valence electrons. The van der Waals surface area contributed by atoms with Crippen molar-refractivity contribution >= 4 is 55.5 Å². The van der Waals surface area contributed by atoms with Gasteiger partial charge in [0.2, 0.25) is 0 Å². The van der Waals surface area contributed by atoms with E-state index in [1.807, 2.05) is 60.7 Å². The Morgan fingerprint density at radius 1 is 0.528 bits per heavy atom. The fourth-order valence-corrected chi connectivity index (χ4v) is 8.01. The molecule has 3 heteroatoms. The van der Waals surface area contributed by atoms with Crippen LogP contribution in [-0.2, 0) is 4.57 Å². The highest BCUT2D eigenvalue weighted by molar-refractivity contribution is 7.85. The Kier molecular flexibility index (Phi) is 4.77. The molecule has 0 aliphatic carbocycles. The molecule has 1 aromatic heterocycles. The average molecular weight is 480 g/mol. The molecule has 0 spiro atoms. The quantitative estimate of drug-likeness (QED) is 0.196. The molecule has 1 atom stereocenters. The van der Waals surface area contributed by atoms with Crippen LogP contribution in [0.4, 0.5) is 0 Å². The summed E-state index contributed by atoms with van der Waals surface area (Å²) in [5.74, 6) is 0. The average Bonchev–Trinajstić information content (AvgIpc) is 2.96. The summed E-state index contributed by atoms with van der Waals surface area (Å²) in [4.78, 5) is 4.55. The summed E-state index contributed by atoms with van der Waals surface area (Å²) in [6, 6.07) is 43.3. The van der Waals surface area contributed by atoms with Crippen molar-refractivity contribution in [2.75, 3.05) is 0 Å². The monoisotopic (exact) mass is 479 g/mol. The van der Waals surface area contributed by atoms with Crippen LogP contribution in [-0.4, -0.2) is 4.98 Å². The molecular weight excluding hydrogens is 457 g/mol. The zero-order valence-corrected chi connectivity index (χ0v) is 20.4. The number of hydrogen-bond donors (Lipinski definition) is 0. The van der Waals surface area contributed by atoms with Crippen molar-refractivity contribution in [1.29, 1.82) is 0 Å². The molecule has 1 heterocycles. The van der Waals surface area contributed by atoms with Crippen LogP contribution in [0.2, 0.25) is 0 Å². The minimum Gasteiger partial charge on any atom is -0.307 e. The lowest BCUT2D eigenvalue weighted by atomic mass is 9.90. The molecule has 0 saturated heterocycles. The van der Waals surface area contributed by atoms with E-state index in [4.69, 9.17) is 0 Å². The SMILES string of the molecule is O=P(c1ccccc1)(c1cccc(-c2ccc3ccc4cccc5ccc2c3c45)c1)c1ccccn1. The molecule has 0 fully saturated rings. The summed E-state index contributed by atoms with van der Waals surface area (Å²) < 4.78 is 14.9. The van der Waals surface area contributed by atoms with Gasteiger partial charge in [0.05, 0.1) is 0 Å². The first-order valence-corrected chi connectivity index (χ1v) is 13.8. The Hall–Kier alpha value is -4.26. The van der Waals surface area contributed by atoms with Gasteiger partial charge in [0.25, 0.3) is 0 Å². The van der Waals surface area contributed by atoms with Gasteiger partial charge in [-0.2, -0.15) is 0 Å². The topological polar surface area (TPSA) is 30.0 Å². The predicted molar refractivity (Wildman–Crippen MR) is 153 cm³/mol. The molecule has 0 radical (unpaired) electrons. The Labute approximate surface area is 209 Å². The largest absolute Gasteiger partial charge is 0.307 e. The minimum absolute atomic E-state index is 0.601. The fourth-order valence-electron chi connectivity index (χ4n) is 5.45. The molecule has 36 heavy (non-hydrogen) atoms. The van der Waals surface area contributed by atoms with Crippen LogP contribution in [0.5, 0.6) is 0 Å². The Bertz CT molecular complexity index is 1850. The molecule has 0 bridgehead atoms. The molecule has 1 unspecified atom stereocenters. The lowest BCUT2D eigenvalue weighted by molar-refractivity contribution is 0.592. The molecule has 6 aromatic carbocycles. The number of rotatable bonds is 4. The van der Waals surface area contributed by atoms with Crippen molar-refractivity contribution in [3.63, 3.8) is 0 Å². The summed E-state index contributed by atoms with van der Waals surface area (Å²) in [6.07, 6.45) is 1.72. The Morgan fingerprint density at radius 3 is 1.97 bits per heavy atom.